The van der Waals surface area contributed by atoms with Crippen molar-refractivity contribution in [2.24, 2.45) is 4.99 Å². The van der Waals surface area contributed by atoms with Crippen LogP contribution in [0.4, 0.5) is 11.5 Å². The lowest BCUT2D eigenvalue weighted by Crippen LogP contribution is -2.45. The minimum atomic E-state index is 0. The highest BCUT2D eigenvalue weighted by Crippen LogP contribution is 2.29. The molecule has 1 saturated heterocycles. The molecular formula is C17H26ClN5O. The van der Waals surface area contributed by atoms with Crippen molar-refractivity contribution >= 4 is 35.5 Å². The van der Waals surface area contributed by atoms with Gasteiger partial charge >= 0.3 is 0 Å². The van der Waals surface area contributed by atoms with Crippen LogP contribution in [0, 0.1) is 0 Å². The maximum absolute atomic E-state index is 12.5. The van der Waals surface area contributed by atoms with E-state index in [1.165, 1.54) is 0 Å². The first-order valence-corrected chi connectivity index (χ1v) is 8.34. The van der Waals surface area contributed by atoms with Crippen LogP contribution in [0.5, 0.6) is 0 Å². The number of rotatable bonds is 4. The van der Waals surface area contributed by atoms with Gasteiger partial charge in [-0.25, -0.2) is 4.98 Å². The number of hydrogen-bond donors (Lipinski definition) is 0. The molecule has 0 saturated carbocycles. The molecule has 0 spiro atoms. The van der Waals surface area contributed by atoms with Crippen LogP contribution < -0.4 is 4.90 Å². The molecule has 132 valence electrons. The molecule has 0 aromatic carbocycles. The maximum atomic E-state index is 12.5. The van der Waals surface area contributed by atoms with Crippen molar-refractivity contribution in [1.29, 1.82) is 0 Å². The largest absolute Gasteiger partial charge is 0.304 e. The maximum Gasteiger partial charge on any atom is 0.233 e. The lowest BCUT2D eigenvalue weighted by Gasteiger charge is -2.32. The Balaban J connectivity index is 0.00000208. The Kier molecular flexibility index (Phi) is 6.71. The van der Waals surface area contributed by atoms with Crippen LogP contribution in [-0.2, 0) is 4.79 Å². The molecule has 1 aromatic heterocycles. The Bertz CT molecular complexity index is 598. The molecular weight excluding hydrogens is 326 g/mol. The molecule has 0 unspecified atom stereocenters. The van der Waals surface area contributed by atoms with Crippen LogP contribution in [0.15, 0.2) is 23.3 Å². The first kappa shape index (κ1) is 18.8. The summed E-state index contributed by atoms with van der Waals surface area (Å²) in [6.07, 6.45) is 3.07. The number of anilines is 1. The van der Waals surface area contributed by atoms with Gasteiger partial charge in [-0.2, -0.15) is 0 Å². The molecule has 0 bridgehead atoms. The van der Waals surface area contributed by atoms with Gasteiger partial charge in [-0.05, 0) is 39.1 Å². The topological polar surface area (TPSA) is 52.0 Å². The third-order valence-corrected chi connectivity index (χ3v) is 4.49. The predicted octanol–water partition coefficient (Wildman–Crippen LogP) is 1.97. The molecule has 0 atom stereocenters. The molecule has 3 heterocycles. The summed E-state index contributed by atoms with van der Waals surface area (Å²) in [5.41, 5.74) is 1.65. The van der Waals surface area contributed by atoms with Crippen molar-refractivity contribution in [3.63, 3.8) is 0 Å². The minimum Gasteiger partial charge on any atom is -0.304 e. The van der Waals surface area contributed by atoms with E-state index in [1.807, 2.05) is 24.0 Å². The van der Waals surface area contributed by atoms with Gasteiger partial charge in [0, 0.05) is 44.6 Å². The standard InChI is InChI=1S/C17H25N5O.ClH/c1-14-13-16(23)22(17-15(19-14)5-3-6-18-17)8-4-7-21-11-9-20(2)10-12-21;/h3,5-6H,4,7-13H2,1-2H3;1H. The number of fused-ring (bicyclic) bond motifs is 1. The Morgan fingerprint density at radius 3 is 2.67 bits per heavy atom. The van der Waals surface area contributed by atoms with Gasteiger partial charge in [-0.3, -0.25) is 14.7 Å². The van der Waals surface area contributed by atoms with Crippen molar-refractivity contribution in [3.05, 3.63) is 18.3 Å². The number of carbonyl (C=O) groups excluding carboxylic acids is 1. The van der Waals surface area contributed by atoms with Gasteiger partial charge in [-0.15, -0.1) is 12.4 Å². The van der Waals surface area contributed by atoms with Gasteiger partial charge in [0.1, 0.15) is 5.69 Å². The fourth-order valence-electron chi connectivity index (χ4n) is 3.12. The number of pyridine rings is 1. The normalized spacial score (nSPS) is 19.3. The van der Waals surface area contributed by atoms with E-state index in [2.05, 4.69) is 26.8 Å². The summed E-state index contributed by atoms with van der Waals surface area (Å²) in [5.74, 6) is 0.801. The van der Waals surface area contributed by atoms with Crippen LogP contribution in [-0.4, -0.2) is 72.7 Å². The first-order valence-electron chi connectivity index (χ1n) is 8.34. The van der Waals surface area contributed by atoms with Crippen LogP contribution in [0.25, 0.3) is 0 Å². The summed E-state index contributed by atoms with van der Waals surface area (Å²) in [7, 11) is 2.16. The Hall–Kier alpha value is -1.50. The molecule has 1 aromatic rings. The van der Waals surface area contributed by atoms with Gasteiger partial charge in [0.15, 0.2) is 5.82 Å². The van der Waals surface area contributed by atoms with Crippen molar-refractivity contribution in [2.75, 3.05) is 51.2 Å². The third-order valence-electron chi connectivity index (χ3n) is 4.49. The highest BCUT2D eigenvalue weighted by Gasteiger charge is 2.24. The number of aliphatic imine (C=N–C) groups is 1. The number of hydrogen-bond acceptors (Lipinski definition) is 5. The molecule has 3 rings (SSSR count). The zero-order valence-corrected chi connectivity index (χ0v) is 15.3. The molecule has 0 N–H and O–H groups in total. The summed E-state index contributed by atoms with van der Waals surface area (Å²) in [6, 6.07) is 3.80. The Morgan fingerprint density at radius 2 is 1.92 bits per heavy atom. The second-order valence-corrected chi connectivity index (χ2v) is 6.41. The van der Waals surface area contributed by atoms with Gasteiger partial charge < -0.3 is 9.80 Å². The van der Waals surface area contributed by atoms with Crippen LogP contribution in [0.2, 0.25) is 0 Å². The molecule has 2 aliphatic heterocycles. The number of likely N-dealkylation sites (N-methyl/N-ethyl adjacent to an activating group) is 1. The predicted molar refractivity (Wildman–Crippen MR) is 99.8 cm³/mol. The van der Waals surface area contributed by atoms with Gasteiger partial charge in [0.25, 0.3) is 0 Å². The minimum absolute atomic E-state index is 0. The molecule has 7 heteroatoms. The number of aromatic nitrogens is 1. The zero-order chi connectivity index (χ0) is 16.2. The molecule has 0 radical (unpaired) electrons. The highest BCUT2D eigenvalue weighted by molar-refractivity contribution is 6.10. The highest BCUT2D eigenvalue weighted by atomic mass is 35.5. The summed E-state index contributed by atoms with van der Waals surface area (Å²) < 4.78 is 0. The summed E-state index contributed by atoms with van der Waals surface area (Å²) >= 11 is 0. The molecule has 1 amide bonds. The van der Waals surface area contributed by atoms with E-state index in [0.717, 1.165) is 50.5 Å². The first-order chi connectivity index (χ1) is 11.1. The second kappa shape index (κ2) is 8.55. The third kappa shape index (κ3) is 4.53. The average Bonchev–Trinajstić information content (AvgIpc) is 2.65. The molecule has 2 aliphatic rings. The van der Waals surface area contributed by atoms with E-state index in [1.54, 1.807) is 6.20 Å². The summed E-state index contributed by atoms with van der Waals surface area (Å²) in [6.45, 7) is 8.11. The van der Waals surface area contributed by atoms with Crippen molar-refractivity contribution in [2.45, 2.75) is 19.8 Å². The summed E-state index contributed by atoms with van der Waals surface area (Å²) in [4.78, 5) is 28.1. The monoisotopic (exact) mass is 351 g/mol. The van der Waals surface area contributed by atoms with E-state index in [9.17, 15) is 4.79 Å². The van der Waals surface area contributed by atoms with Crippen LogP contribution in [0.1, 0.15) is 19.8 Å². The van der Waals surface area contributed by atoms with Crippen molar-refractivity contribution < 1.29 is 4.79 Å². The second-order valence-electron chi connectivity index (χ2n) is 6.41. The van der Waals surface area contributed by atoms with E-state index in [4.69, 9.17) is 0 Å². The van der Waals surface area contributed by atoms with E-state index in [-0.39, 0.29) is 18.3 Å². The number of halogens is 1. The van der Waals surface area contributed by atoms with E-state index in [0.29, 0.717) is 18.8 Å². The molecule has 24 heavy (non-hydrogen) atoms. The Labute approximate surface area is 150 Å². The summed E-state index contributed by atoms with van der Waals surface area (Å²) in [5, 5.41) is 0. The lowest BCUT2D eigenvalue weighted by molar-refractivity contribution is -0.117. The number of amides is 1. The fourth-order valence-corrected chi connectivity index (χ4v) is 3.12. The lowest BCUT2D eigenvalue weighted by atomic mass is 10.2. The van der Waals surface area contributed by atoms with Crippen molar-refractivity contribution in [3.8, 4) is 0 Å². The zero-order valence-electron chi connectivity index (χ0n) is 14.4. The Morgan fingerprint density at radius 1 is 1.17 bits per heavy atom. The molecule has 0 aliphatic carbocycles. The number of piperazine rings is 1. The SMILES string of the molecule is CC1=Nc2cccnc2N(CCCN2CCN(C)CC2)C(=O)C1.Cl. The molecule has 1 fully saturated rings. The van der Waals surface area contributed by atoms with Crippen LogP contribution in [0.3, 0.4) is 0 Å². The number of carbonyl (C=O) groups is 1. The van der Waals surface area contributed by atoms with Gasteiger partial charge in [0.2, 0.25) is 5.91 Å². The van der Waals surface area contributed by atoms with Gasteiger partial charge in [-0.1, -0.05) is 0 Å². The fraction of sp³-hybridized carbons (Fsp3) is 0.588. The number of nitrogens with zero attached hydrogens (tertiary/aromatic N) is 5. The van der Waals surface area contributed by atoms with E-state index < -0.39 is 0 Å². The van der Waals surface area contributed by atoms with Crippen molar-refractivity contribution in [1.82, 2.24) is 14.8 Å². The van der Waals surface area contributed by atoms with Gasteiger partial charge in [0.05, 0.1) is 6.42 Å². The average molecular weight is 352 g/mol. The van der Waals surface area contributed by atoms with E-state index >= 15 is 0 Å². The smallest absolute Gasteiger partial charge is 0.233 e. The van der Waals surface area contributed by atoms with Crippen LogP contribution >= 0.6 is 12.4 Å². The molecule has 6 nitrogen and oxygen atoms in total. The quantitative estimate of drug-likeness (QED) is 0.832.